The normalized spacial score (nSPS) is 36.6. The minimum atomic E-state index is 1.10. The number of fused-ring (bicyclic) bond motifs is 1. The molecule has 0 aromatic heterocycles. The van der Waals surface area contributed by atoms with Gasteiger partial charge in [0, 0.05) is 0 Å². The Kier molecular flexibility index (Phi) is 5.59. The van der Waals surface area contributed by atoms with E-state index in [1.807, 2.05) is 13.8 Å². The lowest BCUT2D eigenvalue weighted by Crippen LogP contribution is -2.30. The number of hydrogen-bond acceptors (Lipinski definition) is 0. The summed E-state index contributed by atoms with van der Waals surface area (Å²) in [6.07, 6.45) is 12.2. The van der Waals surface area contributed by atoms with Gasteiger partial charge in [-0.1, -0.05) is 65.7 Å². The van der Waals surface area contributed by atoms with E-state index < -0.39 is 0 Å². The van der Waals surface area contributed by atoms with Gasteiger partial charge in [-0.2, -0.15) is 0 Å². The van der Waals surface area contributed by atoms with E-state index in [9.17, 15) is 0 Å². The average molecular weight is 196 g/mol. The van der Waals surface area contributed by atoms with Crippen molar-refractivity contribution in [2.24, 2.45) is 17.8 Å². The van der Waals surface area contributed by atoms with Crippen LogP contribution in [0.1, 0.15) is 72.1 Å². The first-order chi connectivity index (χ1) is 6.92. The highest BCUT2D eigenvalue weighted by Crippen LogP contribution is 2.44. The van der Waals surface area contributed by atoms with Gasteiger partial charge in [-0.15, -0.1) is 0 Å². The smallest absolute Gasteiger partial charge is 0.0358 e. The molecule has 0 heteroatoms. The van der Waals surface area contributed by atoms with Crippen molar-refractivity contribution >= 4 is 0 Å². The molecule has 0 spiro atoms. The number of rotatable bonds is 1. The van der Waals surface area contributed by atoms with E-state index in [2.05, 4.69) is 6.92 Å². The van der Waals surface area contributed by atoms with Gasteiger partial charge in [-0.3, -0.25) is 0 Å². The fourth-order valence-corrected chi connectivity index (χ4v) is 3.58. The van der Waals surface area contributed by atoms with E-state index in [-0.39, 0.29) is 0 Å². The summed E-state index contributed by atoms with van der Waals surface area (Å²) < 4.78 is 0. The summed E-state index contributed by atoms with van der Waals surface area (Å²) in [5.41, 5.74) is 0. The summed E-state index contributed by atoms with van der Waals surface area (Å²) >= 11 is 0. The first kappa shape index (κ1) is 12.1. The molecule has 0 heterocycles. The van der Waals surface area contributed by atoms with Crippen LogP contribution in [0.3, 0.4) is 0 Å². The summed E-state index contributed by atoms with van der Waals surface area (Å²) in [7, 11) is 0. The molecule has 0 radical (unpaired) electrons. The molecule has 84 valence electrons. The van der Waals surface area contributed by atoms with Crippen molar-refractivity contribution in [1.29, 1.82) is 0 Å². The Morgan fingerprint density at radius 1 is 0.857 bits per heavy atom. The Morgan fingerprint density at radius 3 is 2.21 bits per heavy atom. The van der Waals surface area contributed by atoms with Gasteiger partial charge >= 0.3 is 0 Å². The maximum atomic E-state index is 2.39. The summed E-state index contributed by atoms with van der Waals surface area (Å²) in [5, 5.41) is 0. The molecule has 2 aliphatic carbocycles. The van der Waals surface area contributed by atoms with Crippen LogP contribution < -0.4 is 0 Å². The third-order valence-corrected chi connectivity index (χ3v) is 4.25. The summed E-state index contributed by atoms with van der Waals surface area (Å²) in [6.45, 7) is 6.39. The molecule has 2 saturated carbocycles. The minimum Gasteiger partial charge on any atom is -0.0683 e. The lowest BCUT2D eigenvalue weighted by Gasteiger charge is -2.41. The predicted octanol–water partition coefficient (Wildman–Crippen LogP) is 5.03. The van der Waals surface area contributed by atoms with Crippen LogP contribution in [0, 0.1) is 17.8 Å². The van der Waals surface area contributed by atoms with Gasteiger partial charge in [0.25, 0.3) is 0 Å². The fraction of sp³-hybridized carbons (Fsp3) is 1.00. The van der Waals surface area contributed by atoms with E-state index >= 15 is 0 Å². The average Bonchev–Trinajstić information content (AvgIpc) is 2.31. The van der Waals surface area contributed by atoms with Crippen LogP contribution in [-0.2, 0) is 0 Å². The topological polar surface area (TPSA) is 0 Å². The Morgan fingerprint density at radius 2 is 1.50 bits per heavy atom. The first-order valence-electron chi connectivity index (χ1n) is 6.92. The van der Waals surface area contributed by atoms with Gasteiger partial charge in [0.05, 0.1) is 0 Å². The quantitative estimate of drug-likeness (QED) is 0.552. The highest BCUT2D eigenvalue weighted by Gasteiger charge is 2.33. The maximum absolute atomic E-state index is 2.39. The lowest BCUT2D eigenvalue weighted by molar-refractivity contribution is 0.101. The van der Waals surface area contributed by atoms with Crippen molar-refractivity contribution in [3.63, 3.8) is 0 Å². The molecule has 3 unspecified atom stereocenters. The van der Waals surface area contributed by atoms with E-state index in [1.165, 1.54) is 32.1 Å². The monoisotopic (exact) mass is 196 g/mol. The van der Waals surface area contributed by atoms with Crippen molar-refractivity contribution in [3.8, 4) is 0 Å². The third-order valence-electron chi connectivity index (χ3n) is 4.25. The minimum absolute atomic E-state index is 1.10. The maximum Gasteiger partial charge on any atom is -0.0358 e. The third kappa shape index (κ3) is 2.74. The summed E-state index contributed by atoms with van der Waals surface area (Å²) in [4.78, 5) is 0. The van der Waals surface area contributed by atoms with E-state index in [0.29, 0.717) is 0 Å². The Labute approximate surface area is 90.5 Å². The van der Waals surface area contributed by atoms with Crippen LogP contribution in [0.25, 0.3) is 0 Å². The molecule has 0 aromatic rings. The predicted molar refractivity (Wildman–Crippen MR) is 64.4 cm³/mol. The van der Waals surface area contributed by atoms with Crippen molar-refractivity contribution in [3.05, 3.63) is 0 Å². The molecule has 0 bridgehead atoms. The highest BCUT2D eigenvalue weighted by molar-refractivity contribution is 4.84. The van der Waals surface area contributed by atoms with Gasteiger partial charge < -0.3 is 0 Å². The van der Waals surface area contributed by atoms with Crippen molar-refractivity contribution in [2.45, 2.75) is 72.1 Å². The molecule has 0 amide bonds. The lowest BCUT2D eigenvalue weighted by atomic mass is 9.65. The first-order valence-corrected chi connectivity index (χ1v) is 6.92. The second kappa shape index (κ2) is 6.48. The van der Waals surface area contributed by atoms with Gasteiger partial charge in [-0.25, -0.2) is 0 Å². The van der Waals surface area contributed by atoms with Crippen molar-refractivity contribution in [2.75, 3.05) is 0 Å². The van der Waals surface area contributed by atoms with Crippen LogP contribution in [0.2, 0.25) is 0 Å². The van der Waals surface area contributed by atoms with E-state index in [0.717, 1.165) is 17.8 Å². The zero-order chi connectivity index (χ0) is 10.4. The summed E-state index contributed by atoms with van der Waals surface area (Å²) in [6, 6.07) is 0. The van der Waals surface area contributed by atoms with Gasteiger partial charge in [0.2, 0.25) is 0 Å². The van der Waals surface area contributed by atoms with Crippen LogP contribution in [-0.4, -0.2) is 0 Å². The largest absolute Gasteiger partial charge is 0.0683 e. The van der Waals surface area contributed by atoms with Gasteiger partial charge in [0.15, 0.2) is 0 Å². The molecule has 0 saturated heterocycles. The Bertz CT molecular complexity index is 130. The fourth-order valence-electron chi connectivity index (χ4n) is 3.58. The second-order valence-corrected chi connectivity index (χ2v) is 4.81. The molecule has 0 aliphatic heterocycles. The Balaban J connectivity index is 0.000000461. The molecule has 14 heavy (non-hydrogen) atoms. The standard InChI is InChI=1S/C12H22.C2H6/c1-2-10-7-5-8-11-6-3-4-9-12(10)11;1-2/h10-12H,2-9H2,1H3;1-2H3. The molecule has 2 rings (SSSR count). The molecule has 2 fully saturated rings. The van der Waals surface area contributed by atoms with Crippen LogP contribution in [0.5, 0.6) is 0 Å². The zero-order valence-electron chi connectivity index (χ0n) is 10.4. The van der Waals surface area contributed by atoms with Gasteiger partial charge in [-0.05, 0) is 24.2 Å². The molecule has 0 aromatic carbocycles. The molecule has 3 atom stereocenters. The van der Waals surface area contributed by atoms with Gasteiger partial charge in [0.1, 0.15) is 0 Å². The van der Waals surface area contributed by atoms with Crippen LogP contribution >= 0.6 is 0 Å². The van der Waals surface area contributed by atoms with Crippen LogP contribution in [0.4, 0.5) is 0 Å². The SMILES string of the molecule is CC.CCC1CCCC2CCCCC12. The second-order valence-electron chi connectivity index (χ2n) is 4.81. The molecular weight excluding hydrogens is 168 g/mol. The molecule has 0 N–H and O–H groups in total. The van der Waals surface area contributed by atoms with E-state index in [4.69, 9.17) is 0 Å². The Hall–Kier alpha value is 0. The number of hydrogen-bond donors (Lipinski definition) is 0. The molecular formula is C14H28. The van der Waals surface area contributed by atoms with Crippen LogP contribution in [0.15, 0.2) is 0 Å². The summed E-state index contributed by atoms with van der Waals surface area (Å²) in [5.74, 6) is 3.37. The molecule has 0 nitrogen and oxygen atoms in total. The molecule has 2 aliphatic rings. The zero-order valence-corrected chi connectivity index (χ0v) is 10.4. The van der Waals surface area contributed by atoms with Crippen molar-refractivity contribution in [1.82, 2.24) is 0 Å². The van der Waals surface area contributed by atoms with E-state index in [1.54, 1.807) is 19.3 Å². The van der Waals surface area contributed by atoms with Crippen molar-refractivity contribution < 1.29 is 0 Å². The highest BCUT2D eigenvalue weighted by atomic mass is 14.4.